The van der Waals surface area contributed by atoms with E-state index in [9.17, 15) is 9.18 Å². The van der Waals surface area contributed by atoms with E-state index in [1.54, 1.807) is 12.1 Å². The lowest BCUT2D eigenvalue weighted by Gasteiger charge is -2.00. The summed E-state index contributed by atoms with van der Waals surface area (Å²) >= 11 is 1.38. The number of aromatic nitrogens is 1. The van der Waals surface area contributed by atoms with Gasteiger partial charge < -0.3 is 5.32 Å². The number of thiazole rings is 1. The van der Waals surface area contributed by atoms with Crippen LogP contribution in [-0.4, -0.2) is 10.9 Å². The number of carbonyl (C=O) groups excluding carboxylic acids is 1. The van der Waals surface area contributed by atoms with Crippen molar-refractivity contribution in [3.63, 3.8) is 0 Å². The van der Waals surface area contributed by atoms with Crippen LogP contribution in [0.4, 0.5) is 9.52 Å². The zero-order valence-corrected chi connectivity index (χ0v) is 12.2. The molecule has 0 saturated heterocycles. The highest BCUT2D eigenvalue weighted by Gasteiger charge is 2.07. The minimum absolute atomic E-state index is 0.00143. The number of benzene rings is 1. The second-order valence-corrected chi connectivity index (χ2v) is 5.41. The zero-order chi connectivity index (χ0) is 14.4. The Morgan fingerprint density at radius 3 is 2.75 bits per heavy atom. The van der Waals surface area contributed by atoms with Gasteiger partial charge in [0, 0.05) is 17.4 Å². The summed E-state index contributed by atoms with van der Waals surface area (Å²) in [6.45, 7) is 2.10. The van der Waals surface area contributed by atoms with Gasteiger partial charge in [-0.15, -0.1) is 11.3 Å². The molecule has 0 radical (unpaired) electrons. The maximum atomic E-state index is 12.9. The van der Waals surface area contributed by atoms with Gasteiger partial charge in [0.2, 0.25) is 5.91 Å². The van der Waals surface area contributed by atoms with Crippen molar-refractivity contribution in [3.05, 3.63) is 35.5 Å². The number of nitrogens with zero attached hydrogens (tertiary/aromatic N) is 1. The number of hydrogen-bond donors (Lipinski definition) is 1. The van der Waals surface area contributed by atoms with E-state index in [0.29, 0.717) is 11.6 Å². The third-order valence-corrected chi connectivity index (χ3v) is 3.66. The first kappa shape index (κ1) is 14.7. The van der Waals surface area contributed by atoms with Gasteiger partial charge in [0.1, 0.15) is 5.82 Å². The van der Waals surface area contributed by atoms with E-state index in [4.69, 9.17) is 0 Å². The predicted molar refractivity (Wildman–Crippen MR) is 80.3 cm³/mol. The Hall–Kier alpha value is -1.75. The van der Waals surface area contributed by atoms with Crippen molar-refractivity contribution in [2.45, 2.75) is 32.6 Å². The molecule has 5 heteroatoms. The number of halogens is 1. The first-order valence-electron chi connectivity index (χ1n) is 6.70. The molecule has 2 aromatic rings. The molecule has 106 valence electrons. The van der Waals surface area contributed by atoms with E-state index in [2.05, 4.69) is 17.2 Å². The number of carbonyl (C=O) groups is 1. The molecule has 1 N–H and O–H groups in total. The lowest BCUT2D eigenvalue weighted by molar-refractivity contribution is -0.116. The largest absolute Gasteiger partial charge is 0.302 e. The van der Waals surface area contributed by atoms with Crippen LogP contribution in [-0.2, 0) is 4.79 Å². The molecule has 0 fully saturated rings. The van der Waals surface area contributed by atoms with E-state index < -0.39 is 0 Å². The quantitative estimate of drug-likeness (QED) is 0.798. The van der Waals surface area contributed by atoms with Gasteiger partial charge in [0.15, 0.2) is 5.13 Å². The van der Waals surface area contributed by atoms with Crippen molar-refractivity contribution in [2.75, 3.05) is 5.32 Å². The van der Waals surface area contributed by atoms with Crippen molar-refractivity contribution in [1.29, 1.82) is 0 Å². The molecule has 2 rings (SSSR count). The number of amides is 1. The molecule has 0 atom stereocenters. The average molecular weight is 292 g/mol. The lowest BCUT2D eigenvalue weighted by Crippen LogP contribution is -2.10. The Labute approximate surface area is 121 Å². The number of anilines is 1. The van der Waals surface area contributed by atoms with Gasteiger partial charge >= 0.3 is 0 Å². The van der Waals surface area contributed by atoms with Crippen molar-refractivity contribution >= 4 is 22.4 Å². The highest BCUT2D eigenvalue weighted by Crippen LogP contribution is 2.25. The second-order valence-electron chi connectivity index (χ2n) is 4.55. The summed E-state index contributed by atoms with van der Waals surface area (Å²) < 4.78 is 12.9. The maximum Gasteiger partial charge on any atom is 0.226 e. The molecule has 0 spiro atoms. The molecule has 3 nitrogen and oxygen atoms in total. The highest BCUT2D eigenvalue weighted by atomic mass is 32.1. The molecule has 1 heterocycles. The van der Waals surface area contributed by atoms with Crippen LogP contribution in [0.5, 0.6) is 0 Å². The standard InChI is InChI=1S/C15H17FN2OS/c1-2-3-4-5-14(19)18-15-17-13(10-20-15)11-6-8-12(16)9-7-11/h6-10H,2-5H2,1H3,(H,17,18,19). The first-order valence-corrected chi connectivity index (χ1v) is 7.58. The maximum absolute atomic E-state index is 12.9. The Morgan fingerprint density at radius 1 is 1.30 bits per heavy atom. The molecular weight excluding hydrogens is 275 g/mol. The van der Waals surface area contributed by atoms with Gasteiger partial charge in [-0.3, -0.25) is 4.79 Å². The molecule has 0 unspecified atom stereocenters. The number of rotatable bonds is 6. The highest BCUT2D eigenvalue weighted by molar-refractivity contribution is 7.14. The third kappa shape index (κ3) is 4.13. The monoisotopic (exact) mass is 292 g/mol. The molecule has 1 amide bonds. The van der Waals surface area contributed by atoms with Crippen LogP contribution >= 0.6 is 11.3 Å². The van der Waals surface area contributed by atoms with Gasteiger partial charge in [0.05, 0.1) is 5.69 Å². The number of nitrogens with one attached hydrogen (secondary N) is 1. The molecule has 0 aliphatic carbocycles. The van der Waals surface area contributed by atoms with Crippen LogP contribution in [0.1, 0.15) is 32.6 Å². The molecular formula is C15H17FN2OS. The van der Waals surface area contributed by atoms with Crippen molar-refractivity contribution < 1.29 is 9.18 Å². The van der Waals surface area contributed by atoms with Crippen molar-refractivity contribution in [2.24, 2.45) is 0 Å². The molecule has 0 bridgehead atoms. The van der Waals surface area contributed by atoms with E-state index in [0.717, 1.165) is 30.5 Å². The van der Waals surface area contributed by atoms with Gasteiger partial charge in [-0.05, 0) is 30.7 Å². The Bertz CT molecular complexity index is 566. The van der Waals surface area contributed by atoms with Crippen LogP contribution in [0.15, 0.2) is 29.6 Å². The minimum Gasteiger partial charge on any atom is -0.302 e. The minimum atomic E-state index is -0.270. The average Bonchev–Trinajstić information content (AvgIpc) is 2.88. The van der Waals surface area contributed by atoms with Crippen LogP contribution in [0.2, 0.25) is 0 Å². The van der Waals surface area contributed by atoms with Gasteiger partial charge in [0.25, 0.3) is 0 Å². The third-order valence-electron chi connectivity index (χ3n) is 2.90. The van der Waals surface area contributed by atoms with Gasteiger partial charge in [-0.1, -0.05) is 19.8 Å². The summed E-state index contributed by atoms with van der Waals surface area (Å²) in [4.78, 5) is 16.0. The van der Waals surface area contributed by atoms with E-state index in [1.807, 2.05) is 5.38 Å². The van der Waals surface area contributed by atoms with Crippen LogP contribution < -0.4 is 5.32 Å². The summed E-state index contributed by atoms with van der Waals surface area (Å²) in [6.07, 6.45) is 3.59. The lowest BCUT2D eigenvalue weighted by atomic mass is 10.2. The second kappa shape index (κ2) is 7.14. The van der Waals surface area contributed by atoms with E-state index in [-0.39, 0.29) is 11.7 Å². The topological polar surface area (TPSA) is 42.0 Å². The molecule has 1 aromatic heterocycles. The van der Waals surface area contributed by atoms with E-state index >= 15 is 0 Å². The Morgan fingerprint density at radius 2 is 2.05 bits per heavy atom. The fraction of sp³-hybridized carbons (Fsp3) is 0.333. The summed E-state index contributed by atoms with van der Waals surface area (Å²) in [5.41, 5.74) is 1.59. The fourth-order valence-corrected chi connectivity index (χ4v) is 2.54. The van der Waals surface area contributed by atoms with Gasteiger partial charge in [-0.2, -0.15) is 0 Å². The van der Waals surface area contributed by atoms with Crippen LogP contribution in [0.25, 0.3) is 11.3 Å². The van der Waals surface area contributed by atoms with Crippen LogP contribution in [0.3, 0.4) is 0 Å². The zero-order valence-electron chi connectivity index (χ0n) is 11.4. The summed E-state index contributed by atoms with van der Waals surface area (Å²) in [6, 6.07) is 6.16. The summed E-state index contributed by atoms with van der Waals surface area (Å²) in [5, 5.41) is 5.24. The van der Waals surface area contributed by atoms with Crippen molar-refractivity contribution in [1.82, 2.24) is 4.98 Å². The molecule has 0 aliphatic rings. The first-order chi connectivity index (χ1) is 9.69. The normalized spacial score (nSPS) is 10.5. The Kier molecular flexibility index (Phi) is 5.24. The van der Waals surface area contributed by atoms with Gasteiger partial charge in [-0.25, -0.2) is 9.37 Å². The smallest absolute Gasteiger partial charge is 0.226 e. The summed E-state index contributed by atoms with van der Waals surface area (Å²) in [5.74, 6) is -0.271. The molecule has 20 heavy (non-hydrogen) atoms. The summed E-state index contributed by atoms with van der Waals surface area (Å²) in [7, 11) is 0. The Balaban J connectivity index is 1.95. The van der Waals surface area contributed by atoms with Crippen molar-refractivity contribution in [3.8, 4) is 11.3 Å². The predicted octanol–water partition coefficient (Wildman–Crippen LogP) is 4.47. The van der Waals surface area contributed by atoms with Crippen LogP contribution in [0, 0.1) is 5.82 Å². The number of unbranched alkanes of at least 4 members (excludes halogenated alkanes) is 2. The molecule has 1 aromatic carbocycles. The number of hydrogen-bond acceptors (Lipinski definition) is 3. The molecule has 0 saturated carbocycles. The van der Waals surface area contributed by atoms with E-state index in [1.165, 1.54) is 23.5 Å². The SMILES string of the molecule is CCCCCC(=O)Nc1nc(-c2ccc(F)cc2)cs1. The molecule has 0 aliphatic heterocycles. The fourth-order valence-electron chi connectivity index (χ4n) is 1.80.